The smallest absolute Gasteiger partial charge is 0.233 e. The van der Waals surface area contributed by atoms with Crippen LogP contribution in [-0.2, 0) is 20.7 Å². The number of hydrogen-bond acceptors (Lipinski definition) is 5. The number of nitrogens with zero attached hydrogens (tertiary/aromatic N) is 3. The summed E-state index contributed by atoms with van der Waals surface area (Å²) in [6.45, 7) is 4.43. The number of carbonyl (C=O) groups is 2. The SMILES string of the molecule is O=C1CC(Cc2ccncc2)C(=O)N1CCN1CCOCC1. The molecule has 1 aromatic heterocycles. The summed E-state index contributed by atoms with van der Waals surface area (Å²) in [5, 5.41) is 0. The van der Waals surface area contributed by atoms with E-state index in [4.69, 9.17) is 4.74 Å². The summed E-state index contributed by atoms with van der Waals surface area (Å²) >= 11 is 0. The lowest BCUT2D eigenvalue weighted by molar-refractivity contribution is -0.139. The van der Waals surface area contributed by atoms with Gasteiger partial charge in [-0.2, -0.15) is 0 Å². The fraction of sp³-hybridized carbons (Fsp3) is 0.562. The van der Waals surface area contributed by atoms with E-state index in [0.717, 1.165) is 38.4 Å². The van der Waals surface area contributed by atoms with Crippen LogP contribution in [-0.4, -0.2) is 66.0 Å². The van der Waals surface area contributed by atoms with Crippen LogP contribution in [0, 0.1) is 5.92 Å². The molecule has 6 heteroatoms. The highest BCUT2D eigenvalue weighted by atomic mass is 16.5. The second-order valence-electron chi connectivity index (χ2n) is 5.80. The zero-order chi connectivity index (χ0) is 15.4. The third-order valence-electron chi connectivity index (χ3n) is 4.31. The van der Waals surface area contributed by atoms with Crippen molar-refractivity contribution in [3.05, 3.63) is 30.1 Å². The van der Waals surface area contributed by atoms with Crippen molar-refractivity contribution in [1.82, 2.24) is 14.8 Å². The Morgan fingerprint density at radius 3 is 2.59 bits per heavy atom. The normalized spacial score (nSPS) is 23.3. The zero-order valence-electron chi connectivity index (χ0n) is 12.6. The molecule has 0 bridgehead atoms. The number of morpholine rings is 1. The molecule has 118 valence electrons. The van der Waals surface area contributed by atoms with Crippen molar-refractivity contribution in [3.8, 4) is 0 Å². The number of pyridine rings is 1. The maximum absolute atomic E-state index is 12.4. The fourth-order valence-electron chi connectivity index (χ4n) is 3.02. The fourth-order valence-corrected chi connectivity index (χ4v) is 3.02. The maximum Gasteiger partial charge on any atom is 0.233 e. The summed E-state index contributed by atoms with van der Waals surface area (Å²) in [4.78, 5) is 32.2. The predicted molar refractivity (Wildman–Crippen MR) is 80.0 cm³/mol. The van der Waals surface area contributed by atoms with Crippen molar-refractivity contribution >= 4 is 11.8 Å². The number of ether oxygens (including phenoxy) is 1. The molecular formula is C16H21N3O3. The number of likely N-dealkylation sites (tertiary alicyclic amines) is 1. The van der Waals surface area contributed by atoms with Gasteiger partial charge in [-0.1, -0.05) is 0 Å². The van der Waals surface area contributed by atoms with Crippen molar-refractivity contribution in [2.75, 3.05) is 39.4 Å². The van der Waals surface area contributed by atoms with Gasteiger partial charge in [0.25, 0.3) is 0 Å². The van der Waals surface area contributed by atoms with E-state index in [1.54, 1.807) is 12.4 Å². The molecule has 0 N–H and O–H groups in total. The molecule has 0 saturated carbocycles. The minimum Gasteiger partial charge on any atom is -0.379 e. The zero-order valence-corrected chi connectivity index (χ0v) is 12.6. The monoisotopic (exact) mass is 303 g/mol. The lowest BCUT2D eigenvalue weighted by Crippen LogP contribution is -2.43. The molecule has 1 atom stereocenters. The van der Waals surface area contributed by atoms with Gasteiger partial charge in [0.15, 0.2) is 0 Å². The molecule has 2 fully saturated rings. The first-order valence-corrected chi connectivity index (χ1v) is 7.77. The van der Waals surface area contributed by atoms with Crippen LogP contribution in [0.5, 0.6) is 0 Å². The minimum atomic E-state index is -0.223. The van der Waals surface area contributed by atoms with E-state index < -0.39 is 0 Å². The van der Waals surface area contributed by atoms with Gasteiger partial charge >= 0.3 is 0 Å². The molecule has 0 radical (unpaired) electrons. The molecule has 1 unspecified atom stereocenters. The lowest BCUT2D eigenvalue weighted by Gasteiger charge is -2.28. The molecule has 22 heavy (non-hydrogen) atoms. The van der Waals surface area contributed by atoms with E-state index in [-0.39, 0.29) is 17.7 Å². The number of rotatable bonds is 5. The van der Waals surface area contributed by atoms with Gasteiger partial charge in [0.05, 0.1) is 19.1 Å². The second kappa shape index (κ2) is 6.98. The average molecular weight is 303 g/mol. The summed E-state index contributed by atoms with van der Waals surface area (Å²) in [6.07, 6.45) is 4.37. The van der Waals surface area contributed by atoms with Crippen LogP contribution < -0.4 is 0 Å². The van der Waals surface area contributed by atoms with Crippen LogP contribution in [0.1, 0.15) is 12.0 Å². The van der Waals surface area contributed by atoms with Crippen LogP contribution in [0.3, 0.4) is 0 Å². The summed E-state index contributed by atoms with van der Waals surface area (Å²) in [5.74, 6) is -0.299. The van der Waals surface area contributed by atoms with E-state index in [0.29, 0.717) is 19.4 Å². The van der Waals surface area contributed by atoms with Crippen molar-refractivity contribution < 1.29 is 14.3 Å². The number of imide groups is 1. The van der Waals surface area contributed by atoms with Crippen molar-refractivity contribution in [3.63, 3.8) is 0 Å². The number of carbonyl (C=O) groups excluding carboxylic acids is 2. The van der Waals surface area contributed by atoms with Gasteiger partial charge in [-0.05, 0) is 24.1 Å². The standard InChI is InChI=1S/C16H21N3O3/c20-15-12-14(11-13-1-3-17-4-2-13)16(21)19(15)6-5-18-7-9-22-10-8-18/h1-4,14H,5-12H2. The molecule has 2 aliphatic heterocycles. The van der Waals surface area contributed by atoms with E-state index in [2.05, 4.69) is 9.88 Å². The highest BCUT2D eigenvalue weighted by Gasteiger charge is 2.38. The van der Waals surface area contributed by atoms with E-state index in [1.807, 2.05) is 12.1 Å². The Morgan fingerprint density at radius 2 is 1.86 bits per heavy atom. The third kappa shape index (κ3) is 3.51. The van der Waals surface area contributed by atoms with Gasteiger partial charge < -0.3 is 4.74 Å². The average Bonchev–Trinajstić information content (AvgIpc) is 2.81. The van der Waals surface area contributed by atoms with Gasteiger partial charge in [-0.3, -0.25) is 24.4 Å². The van der Waals surface area contributed by atoms with Crippen molar-refractivity contribution in [2.24, 2.45) is 5.92 Å². The Morgan fingerprint density at radius 1 is 1.14 bits per heavy atom. The van der Waals surface area contributed by atoms with Gasteiger partial charge in [0.1, 0.15) is 0 Å². The maximum atomic E-state index is 12.4. The number of aromatic nitrogens is 1. The topological polar surface area (TPSA) is 62.7 Å². The first kappa shape index (κ1) is 15.1. The Hall–Kier alpha value is -1.79. The molecule has 2 amide bonds. The molecule has 6 nitrogen and oxygen atoms in total. The molecule has 3 heterocycles. The lowest BCUT2D eigenvalue weighted by atomic mass is 9.99. The molecule has 0 aromatic carbocycles. The van der Waals surface area contributed by atoms with Crippen molar-refractivity contribution in [1.29, 1.82) is 0 Å². The van der Waals surface area contributed by atoms with Crippen LogP contribution in [0.2, 0.25) is 0 Å². The number of amides is 2. The highest BCUT2D eigenvalue weighted by Crippen LogP contribution is 2.23. The summed E-state index contributed by atoms with van der Waals surface area (Å²) < 4.78 is 5.30. The van der Waals surface area contributed by atoms with Gasteiger partial charge in [0.2, 0.25) is 11.8 Å². The molecular weight excluding hydrogens is 282 g/mol. The largest absolute Gasteiger partial charge is 0.379 e. The van der Waals surface area contributed by atoms with Crippen LogP contribution in [0.25, 0.3) is 0 Å². The summed E-state index contributed by atoms with van der Waals surface area (Å²) in [5.41, 5.74) is 1.05. The van der Waals surface area contributed by atoms with E-state index in [9.17, 15) is 9.59 Å². The number of hydrogen-bond donors (Lipinski definition) is 0. The van der Waals surface area contributed by atoms with Gasteiger partial charge in [0, 0.05) is 45.0 Å². The first-order chi connectivity index (χ1) is 10.7. The quantitative estimate of drug-likeness (QED) is 0.734. The Balaban J connectivity index is 1.54. The molecule has 2 saturated heterocycles. The highest BCUT2D eigenvalue weighted by molar-refractivity contribution is 6.03. The van der Waals surface area contributed by atoms with Crippen molar-refractivity contribution in [2.45, 2.75) is 12.8 Å². The molecule has 2 aliphatic rings. The van der Waals surface area contributed by atoms with E-state index >= 15 is 0 Å². The predicted octanol–water partition coefficient (Wildman–Crippen LogP) is 0.331. The molecule has 0 aliphatic carbocycles. The molecule has 1 aromatic rings. The second-order valence-corrected chi connectivity index (χ2v) is 5.80. The van der Waals surface area contributed by atoms with Gasteiger partial charge in [-0.25, -0.2) is 0 Å². The van der Waals surface area contributed by atoms with Crippen LogP contribution in [0.4, 0.5) is 0 Å². The Labute approximate surface area is 130 Å². The Bertz CT molecular complexity index is 529. The van der Waals surface area contributed by atoms with Crippen LogP contribution in [0.15, 0.2) is 24.5 Å². The van der Waals surface area contributed by atoms with E-state index in [1.165, 1.54) is 4.90 Å². The summed E-state index contributed by atoms with van der Waals surface area (Å²) in [6, 6.07) is 3.79. The van der Waals surface area contributed by atoms with Gasteiger partial charge in [-0.15, -0.1) is 0 Å². The molecule has 3 rings (SSSR count). The third-order valence-corrected chi connectivity index (χ3v) is 4.31. The first-order valence-electron chi connectivity index (χ1n) is 7.77. The minimum absolute atomic E-state index is 0.0323. The Kier molecular flexibility index (Phi) is 4.80. The molecule has 0 spiro atoms. The van der Waals surface area contributed by atoms with Crippen LogP contribution >= 0.6 is 0 Å². The summed E-state index contributed by atoms with van der Waals surface area (Å²) in [7, 11) is 0.